The number of anilines is 1. The Morgan fingerprint density at radius 2 is 1.74 bits per heavy atom. The van der Waals surface area contributed by atoms with Crippen LogP contribution in [0.25, 0.3) is 0 Å². The van der Waals surface area contributed by atoms with E-state index in [1.807, 2.05) is 36.4 Å². The van der Waals surface area contributed by atoms with Crippen LogP contribution in [0.1, 0.15) is 77.0 Å². The van der Waals surface area contributed by atoms with Crippen molar-refractivity contribution in [2.24, 2.45) is 11.3 Å². The number of carbonyl (C=O) groups excluding carboxylic acids is 3. The minimum atomic E-state index is -0.597. The van der Waals surface area contributed by atoms with E-state index >= 15 is 0 Å². The molecule has 2 amide bonds. The van der Waals surface area contributed by atoms with Crippen molar-refractivity contribution in [3.8, 4) is 5.75 Å². The molecule has 2 aromatic carbocycles. The first-order chi connectivity index (χ1) is 20.0. The van der Waals surface area contributed by atoms with Gasteiger partial charge in [0.15, 0.2) is 0 Å². The molecule has 42 heavy (non-hydrogen) atoms. The van der Waals surface area contributed by atoms with Gasteiger partial charge in [-0.1, -0.05) is 50.6 Å². The Morgan fingerprint density at radius 3 is 2.40 bits per heavy atom. The topological polar surface area (TPSA) is 85.4 Å². The van der Waals surface area contributed by atoms with E-state index in [9.17, 15) is 14.4 Å². The Bertz CT molecular complexity index is 1270. The molecule has 2 aromatic rings. The largest absolute Gasteiger partial charge is 0.496 e. The van der Waals surface area contributed by atoms with E-state index in [-0.39, 0.29) is 48.2 Å². The van der Waals surface area contributed by atoms with E-state index in [1.54, 1.807) is 29.9 Å². The van der Waals surface area contributed by atoms with Gasteiger partial charge < -0.3 is 24.0 Å². The van der Waals surface area contributed by atoms with E-state index in [1.165, 1.54) is 0 Å². The average Bonchev–Trinajstić information content (AvgIpc) is 2.97. The summed E-state index contributed by atoms with van der Waals surface area (Å²) in [4.78, 5) is 43.6. The molecule has 1 atom stereocenters. The number of hydrogen-bond acceptors (Lipinski definition) is 6. The molecule has 228 valence electrons. The Morgan fingerprint density at radius 1 is 1.02 bits per heavy atom. The third-order valence-electron chi connectivity index (χ3n) is 7.91. The molecule has 2 aliphatic rings. The fraction of sp³-hybridized carbons (Fsp3) is 0.545. The zero-order valence-electron chi connectivity index (χ0n) is 25.4. The van der Waals surface area contributed by atoms with Crippen LogP contribution in [0, 0.1) is 11.3 Å². The smallest absolute Gasteiger partial charge is 0.308 e. The molecule has 0 radical (unpaired) electrons. The molecule has 9 heteroatoms. The maximum absolute atomic E-state index is 14.0. The third-order valence-corrected chi connectivity index (χ3v) is 8.15. The summed E-state index contributed by atoms with van der Waals surface area (Å²) in [7, 11) is 1.62. The maximum Gasteiger partial charge on any atom is 0.308 e. The Hall–Kier alpha value is -3.10. The summed E-state index contributed by atoms with van der Waals surface area (Å²) in [5.41, 5.74) is 1.95. The van der Waals surface area contributed by atoms with E-state index in [4.69, 9.17) is 25.8 Å². The van der Waals surface area contributed by atoms with E-state index in [0.29, 0.717) is 61.8 Å². The van der Waals surface area contributed by atoms with Gasteiger partial charge in [0.1, 0.15) is 18.3 Å². The molecular formula is C33H43ClN2O6. The van der Waals surface area contributed by atoms with Crippen molar-refractivity contribution in [3.05, 3.63) is 58.6 Å². The molecule has 0 aromatic heterocycles. The number of rotatable bonds is 6. The molecule has 8 nitrogen and oxygen atoms in total. The van der Waals surface area contributed by atoms with Gasteiger partial charge in [0, 0.05) is 41.0 Å². The Kier molecular flexibility index (Phi) is 10.5. The summed E-state index contributed by atoms with van der Waals surface area (Å²) < 4.78 is 17.6. The number of hydrogen-bond donors (Lipinski definition) is 0. The van der Waals surface area contributed by atoms with Crippen LogP contribution in [0.15, 0.2) is 42.5 Å². The summed E-state index contributed by atoms with van der Waals surface area (Å²) in [6, 6.07) is 13.0. The maximum atomic E-state index is 14.0. The molecule has 0 bridgehead atoms. The molecule has 1 heterocycles. The molecule has 4 rings (SSSR count). The minimum Gasteiger partial charge on any atom is -0.496 e. The number of methoxy groups -OCH3 is 1. The second-order valence-corrected chi connectivity index (χ2v) is 12.7. The molecule has 1 aliphatic carbocycles. The number of ether oxygens (including phenoxy) is 3. The van der Waals surface area contributed by atoms with Crippen LogP contribution in [-0.2, 0) is 23.9 Å². The van der Waals surface area contributed by atoms with E-state index in [0.717, 1.165) is 11.1 Å². The first-order valence-electron chi connectivity index (χ1n) is 14.8. The monoisotopic (exact) mass is 598 g/mol. The van der Waals surface area contributed by atoms with Crippen LogP contribution in [0.4, 0.5) is 5.69 Å². The first kappa shape index (κ1) is 31.8. The molecule has 1 fully saturated rings. The lowest BCUT2D eigenvalue weighted by atomic mass is 9.85. The zero-order valence-corrected chi connectivity index (χ0v) is 26.1. The van der Waals surface area contributed by atoms with Crippen molar-refractivity contribution in [1.82, 2.24) is 4.90 Å². The van der Waals surface area contributed by atoms with Gasteiger partial charge in [-0.05, 0) is 62.3 Å². The number of nitrogens with zero attached hydrogens (tertiary/aromatic N) is 2. The van der Waals surface area contributed by atoms with Crippen LogP contribution < -0.4 is 9.64 Å². The fourth-order valence-electron chi connectivity index (χ4n) is 5.98. The van der Waals surface area contributed by atoms with Crippen molar-refractivity contribution in [3.63, 3.8) is 0 Å². The zero-order chi connectivity index (χ0) is 30.4. The van der Waals surface area contributed by atoms with Crippen molar-refractivity contribution in [2.75, 3.05) is 38.3 Å². The van der Waals surface area contributed by atoms with E-state index < -0.39 is 6.10 Å². The quantitative estimate of drug-likeness (QED) is 0.291. The van der Waals surface area contributed by atoms with Gasteiger partial charge in [0.2, 0.25) is 11.8 Å². The average molecular weight is 599 g/mol. The van der Waals surface area contributed by atoms with Crippen molar-refractivity contribution in [1.29, 1.82) is 0 Å². The molecular weight excluding hydrogens is 556 g/mol. The summed E-state index contributed by atoms with van der Waals surface area (Å²) in [5, 5.41) is 0.520. The van der Waals surface area contributed by atoms with Gasteiger partial charge in [-0.25, -0.2) is 0 Å². The number of carbonyl (C=O) groups is 3. The van der Waals surface area contributed by atoms with Gasteiger partial charge in [0.25, 0.3) is 0 Å². The number of halogens is 1. The SMILES string of the molecule is CCOC(=O)C1CCC(N2CCOC(c3ccccc3OC)c3cc(Cl)ccc3N(CC(C)(C)C)C(=O)CC2=O)CC1. The van der Waals surface area contributed by atoms with Crippen LogP contribution in [0.2, 0.25) is 5.02 Å². The van der Waals surface area contributed by atoms with Gasteiger partial charge in [-0.2, -0.15) is 0 Å². The van der Waals surface area contributed by atoms with Gasteiger partial charge in [-0.3, -0.25) is 14.4 Å². The molecule has 1 saturated carbocycles. The fourth-order valence-corrected chi connectivity index (χ4v) is 6.16. The number of amides is 2. The number of fused-ring (bicyclic) bond motifs is 1. The second kappa shape index (κ2) is 13.9. The molecule has 1 unspecified atom stereocenters. The normalized spacial score (nSPS) is 22.3. The van der Waals surface area contributed by atoms with Crippen LogP contribution in [-0.4, -0.2) is 62.1 Å². The number of benzene rings is 2. The number of para-hydroxylation sites is 1. The predicted molar refractivity (Wildman–Crippen MR) is 163 cm³/mol. The minimum absolute atomic E-state index is 0.0853. The highest BCUT2D eigenvalue weighted by atomic mass is 35.5. The summed E-state index contributed by atoms with van der Waals surface area (Å²) in [6.45, 7) is 9.31. The lowest BCUT2D eigenvalue weighted by Gasteiger charge is -2.37. The van der Waals surface area contributed by atoms with Crippen molar-refractivity contribution in [2.45, 2.75) is 71.9 Å². The molecule has 0 N–H and O–H groups in total. The summed E-state index contributed by atoms with van der Waals surface area (Å²) in [5.74, 6) is -0.179. The van der Waals surface area contributed by atoms with Crippen LogP contribution in [0.3, 0.4) is 0 Å². The van der Waals surface area contributed by atoms with Crippen LogP contribution >= 0.6 is 11.6 Å². The highest BCUT2D eigenvalue weighted by Gasteiger charge is 2.36. The third kappa shape index (κ3) is 7.64. The Balaban J connectivity index is 1.73. The van der Waals surface area contributed by atoms with Gasteiger partial charge in [0.05, 0.1) is 26.2 Å². The first-order valence-corrected chi connectivity index (χ1v) is 15.2. The highest BCUT2D eigenvalue weighted by Crippen LogP contribution is 2.40. The highest BCUT2D eigenvalue weighted by molar-refractivity contribution is 6.30. The standard InChI is InChI=1S/C33H43ClN2O6/c1-6-41-32(39)22-11-14-24(15-12-22)35-17-18-42-31(25-9-7-8-10-28(25)40-5)26-19-23(34)13-16-27(26)36(21-33(2,3)4)30(38)20-29(35)37/h7-10,13,16,19,22,24,31H,6,11-12,14-15,17-18,20-21H2,1-5H3. The van der Waals surface area contributed by atoms with Crippen molar-refractivity contribution < 1.29 is 28.6 Å². The molecule has 1 aliphatic heterocycles. The van der Waals surface area contributed by atoms with Gasteiger partial charge >= 0.3 is 5.97 Å². The van der Waals surface area contributed by atoms with Gasteiger partial charge in [-0.15, -0.1) is 0 Å². The second-order valence-electron chi connectivity index (χ2n) is 12.3. The lowest BCUT2D eigenvalue weighted by molar-refractivity contribution is -0.149. The molecule has 0 spiro atoms. The molecule has 0 saturated heterocycles. The predicted octanol–water partition coefficient (Wildman–Crippen LogP) is 6.19. The van der Waals surface area contributed by atoms with Crippen molar-refractivity contribution >= 4 is 35.1 Å². The number of esters is 1. The lowest BCUT2D eigenvalue weighted by Crippen LogP contribution is -2.47. The summed E-state index contributed by atoms with van der Waals surface area (Å²) >= 11 is 6.54. The van der Waals surface area contributed by atoms with Crippen LogP contribution in [0.5, 0.6) is 5.75 Å². The van der Waals surface area contributed by atoms with E-state index in [2.05, 4.69) is 20.8 Å². The summed E-state index contributed by atoms with van der Waals surface area (Å²) in [6.07, 6.45) is 1.77. The Labute approximate surface area is 254 Å².